The molecule has 8 amide bonds. The van der Waals surface area contributed by atoms with E-state index in [0.29, 0.717) is 17.5 Å². The zero-order chi connectivity index (χ0) is 66.4. The summed E-state index contributed by atoms with van der Waals surface area (Å²) in [5.41, 5.74) is 26.0. The fraction of sp³-hybridized carbons (Fsp3) is 0.492. The van der Waals surface area contributed by atoms with Crippen molar-refractivity contribution in [2.45, 2.75) is 147 Å². The normalized spacial score (nSPS) is 17.1. The number of nitrogens with one attached hydrogen (secondary N) is 7. The lowest BCUT2D eigenvalue weighted by atomic mass is 9.88. The van der Waals surface area contributed by atoms with Crippen molar-refractivity contribution in [1.82, 2.24) is 41.8 Å². The van der Waals surface area contributed by atoms with Gasteiger partial charge in [0.2, 0.25) is 47.3 Å². The maximum absolute atomic E-state index is 14.5. The van der Waals surface area contributed by atoms with Crippen LogP contribution in [-0.4, -0.2) is 171 Å². The number of phenols is 1. The van der Waals surface area contributed by atoms with Crippen molar-refractivity contribution in [1.29, 1.82) is 0 Å². The van der Waals surface area contributed by atoms with Crippen molar-refractivity contribution in [2.75, 3.05) is 26.7 Å². The number of aliphatic imine (C=N–C) groups is 1. The zero-order valence-electron chi connectivity index (χ0n) is 51.4. The Morgan fingerprint density at radius 1 is 0.678 bits per heavy atom. The second kappa shape index (κ2) is 34.6. The van der Waals surface area contributed by atoms with Gasteiger partial charge in [0.05, 0.1) is 48.6 Å². The Balaban J connectivity index is 1.31. The van der Waals surface area contributed by atoms with E-state index in [4.69, 9.17) is 22.9 Å². The summed E-state index contributed by atoms with van der Waals surface area (Å²) < 4.78 is 0. The minimum absolute atomic E-state index is 0.0414. The number of hydrogen-bond donors (Lipinski definition) is 14. The van der Waals surface area contributed by atoms with Gasteiger partial charge >= 0.3 is 0 Å². The Morgan fingerprint density at radius 2 is 1.27 bits per heavy atom. The number of aromatic hydroxyl groups is 1. The molecule has 11 atom stereocenters. The van der Waals surface area contributed by atoms with Crippen molar-refractivity contribution >= 4 is 81.5 Å². The van der Waals surface area contributed by atoms with E-state index in [1.54, 1.807) is 36.5 Å². The average Bonchev–Trinajstić information content (AvgIpc) is 1.68. The molecule has 0 bridgehead atoms. The first-order chi connectivity index (χ1) is 42.7. The number of H-pyrrole nitrogens is 1. The number of aromatic nitrogens is 1. The number of carbonyl (C=O) groups excluding carboxylic acids is 11. The van der Waals surface area contributed by atoms with Gasteiger partial charge in [-0.05, 0) is 73.4 Å². The highest BCUT2D eigenvalue weighted by molar-refractivity contribution is 6.00. The topological polar surface area (TPSA) is 456 Å². The van der Waals surface area contributed by atoms with Crippen LogP contribution in [0.1, 0.15) is 95.8 Å². The molecular formula is C63H87N13O14. The molecule has 4 aromatic rings. The summed E-state index contributed by atoms with van der Waals surface area (Å²) in [6.45, 7) is 5.57. The Labute approximate surface area is 522 Å². The lowest BCUT2D eigenvalue weighted by molar-refractivity contribution is -0.142. The van der Waals surface area contributed by atoms with Crippen molar-refractivity contribution in [3.8, 4) is 5.75 Å². The second-order valence-corrected chi connectivity index (χ2v) is 23.4. The highest BCUT2D eigenvalue weighted by Gasteiger charge is 2.43. The minimum atomic E-state index is -1.72. The number of phenolic OH excluding ortho intramolecular Hbond substituents is 1. The third-order valence-corrected chi connectivity index (χ3v) is 15.7. The molecule has 1 saturated heterocycles. The van der Waals surface area contributed by atoms with Crippen LogP contribution in [-0.2, 0) is 72.0 Å². The molecule has 90 heavy (non-hydrogen) atoms. The molecule has 18 N–H and O–H groups in total. The molecular weight excluding hydrogens is 1160 g/mol. The minimum Gasteiger partial charge on any atom is -0.508 e. The Bertz CT molecular complexity index is 3190. The number of fused-ring (bicyclic) bond motifs is 1. The number of likely N-dealkylation sites (tertiary alicyclic amines) is 1. The van der Waals surface area contributed by atoms with E-state index >= 15 is 0 Å². The zero-order valence-corrected chi connectivity index (χ0v) is 51.4. The lowest BCUT2D eigenvalue weighted by Crippen LogP contribution is -2.56. The fourth-order valence-corrected chi connectivity index (χ4v) is 10.8. The first-order valence-corrected chi connectivity index (χ1v) is 30.0. The van der Waals surface area contributed by atoms with E-state index < -0.39 is 157 Å². The number of aliphatic hydroxyl groups is 2. The van der Waals surface area contributed by atoms with E-state index in [9.17, 15) is 68.1 Å². The standard InChI is InChI=1S/C63H87N13O14/c1-34(2)22-47(53(81)26-39(14-11-21-69-63(67)68-5)58(86)75-50(57(66)85)25-41-32-70-46-16-10-9-15-44(41)46)72-59(87)40(31-64)27-54(82)48(23-37-12-7-6-8-13-37)73-60(88)45(35(3)77)29-55(83)49(30-56(65)84)74-61(89)52-28-43(80)33-76(52)62(90)51(71-36(4)78)24-38-17-19-42(79)20-18-38/h6-10,12-13,15-20,32,34-35,39-40,43,45,47-52,70,77,79-80H,11,14,21-31,33,64H2,1-5H3,(H2,65,84)(H2,66,85)(H,71,78)(H,72,87)(H,73,88)(H,74,89)(H,75,86)(H3,67,68,69)/t35-,39-,40+,43-,45+,47+,48+,49+,50+,51-,52+/m1/s1. The second-order valence-electron chi connectivity index (χ2n) is 23.4. The number of nitrogens with zero attached hydrogens (tertiary/aromatic N) is 2. The van der Waals surface area contributed by atoms with Crippen LogP contribution in [0.4, 0.5) is 0 Å². The lowest BCUT2D eigenvalue weighted by Gasteiger charge is -2.30. The van der Waals surface area contributed by atoms with E-state index in [2.05, 4.69) is 41.9 Å². The van der Waals surface area contributed by atoms with E-state index in [0.717, 1.165) is 21.4 Å². The molecule has 5 rings (SSSR count). The Hall–Kier alpha value is -9.08. The van der Waals surface area contributed by atoms with Gasteiger partial charge < -0.3 is 80.0 Å². The number of Topliss-reactive ketones (excluding diaryl/α,β-unsaturated/α-hetero) is 3. The van der Waals surface area contributed by atoms with Gasteiger partial charge in [-0.2, -0.15) is 0 Å². The highest BCUT2D eigenvalue weighted by atomic mass is 16.3. The summed E-state index contributed by atoms with van der Waals surface area (Å²) in [6, 6.07) is 13.6. The van der Waals surface area contributed by atoms with E-state index in [1.165, 1.54) is 45.2 Å². The van der Waals surface area contributed by atoms with Gasteiger partial charge in [0.15, 0.2) is 23.3 Å². The Kier molecular flexibility index (Phi) is 27.6. The molecule has 1 aliphatic heterocycles. The number of β-amino-alcohol motifs (C(OH)–C–C–N with tert-alkyl or cyclic N) is 1. The number of benzene rings is 3. The monoisotopic (exact) mass is 1250 g/mol. The summed E-state index contributed by atoms with van der Waals surface area (Å²) in [5, 5.41) is 48.4. The van der Waals surface area contributed by atoms with Crippen molar-refractivity contribution in [3.05, 3.63) is 102 Å². The number of guanidine groups is 1. The number of hydrogen-bond acceptors (Lipinski definition) is 16. The molecule has 3 aromatic carbocycles. The van der Waals surface area contributed by atoms with E-state index in [-0.39, 0.29) is 75.7 Å². The number of ketones is 3. The van der Waals surface area contributed by atoms with Crippen LogP contribution in [0.25, 0.3) is 10.9 Å². The average molecular weight is 1250 g/mol. The number of aromatic amines is 1. The van der Waals surface area contributed by atoms with Crippen LogP contribution in [0.2, 0.25) is 0 Å². The van der Waals surface area contributed by atoms with Crippen LogP contribution >= 0.6 is 0 Å². The van der Waals surface area contributed by atoms with Crippen LogP contribution in [0.5, 0.6) is 5.75 Å². The summed E-state index contributed by atoms with van der Waals surface area (Å²) in [5.74, 6) is -12.7. The predicted octanol–water partition coefficient (Wildman–Crippen LogP) is -0.906. The third kappa shape index (κ3) is 21.9. The van der Waals surface area contributed by atoms with Gasteiger partial charge in [0.25, 0.3) is 0 Å². The first-order valence-electron chi connectivity index (χ1n) is 30.0. The van der Waals surface area contributed by atoms with Crippen molar-refractivity contribution in [3.63, 3.8) is 0 Å². The van der Waals surface area contributed by atoms with Gasteiger partial charge in [0.1, 0.15) is 23.9 Å². The molecule has 0 saturated carbocycles. The molecule has 27 nitrogen and oxygen atoms in total. The summed E-state index contributed by atoms with van der Waals surface area (Å²) in [6.07, 6.45) is -3.53. The van der Waals surface area contributed by atoms with Crippen LogP contribution in [0.15, 0.2) is 90.1 Å². The van der Waals surface area contributed by atoms with Gasteiger partial charge in [-0.15, -0.1) is 0 Å². The van der Waals surface area contributed by atoms with E-state index in [1.807, 2.05) is 38.1 Å². The number of para-hydroxylation sites is 1. The molecule has 0 spiro atoms. The highest BCUT2D eigenvalue weighted by Crippen LogP contribution is 2.25. The predicted molar refractivity (Wildman–Crippen MR) is 333 cm³/mol. The summed E-state index contributed by atoms with van der Waals surface area (Å²) >= 11 is 0. The third-order valence-electron chi connectivity index (χ3n) is 15.7. The van der Waals surface area contributed by atoms with Crippen LogP contribution < -0.4 is 54.8 Å². The molecule has 0 radical (unpaired) electrons. The first kappa shape index (κ1) is 71.7. The van der Waals surface area contributed by atoms with Crippen LogP contribution in [0, 0.1) is 23.7 Å². The SMILES string of the molecule is CN=C(N)NCCC[C@H](CC(=O)[C@H](CC(C)C)NC(=O)[C@H](CN)CC(=O)[C@H](Cc1ccccc1)NC(=O)[C@@H](CC(=O)[C@H](CC(N)=O)NC(=O)[C@@H]1C[C@@H](O)CN1C(=O)[C@@H](Cc1ccc(O)cc1)NC(C)=O)[C@@H](C)O)C(=O)N[C@@H](Cc1c[nH]c2ccccc12)C(N)=O. The maximum atomic E-state index is 14.5. The van der Waals surface area contributed by atoms with Gasteiger partial charge in [-0.1, -0.05) is 74.5 Å². The molecule has 0 aliphatic carbocycles. The number of primary amides is 2. The number of aliphatic hydroxyl groups excluding tert-OH is 2. The summed E-state index contributed by atoms with van der Waals surface area (Å²) in [7, 11) is 1.50. The van der Waals surface area contributed by atoms with Crippen molar-refractivity contribution < 1.29 is 68.1 Å². The molecule has 488 valence electrons. The van der Waals surface area contributed by atoms with Crippen molar-refractivity contribution in [2.24, 2.45) is 51.6 Å². The Morgan fingerprint density at radius 3 is 1.89 bits per heavy atom. The molecule has 0 unspecified atom stereocenters. The van der Waals surface area contributed by atoms with Gasteiger partial charge in [0, 0.05) is 95.1 Å². The van der Waals surface area contributed by atoms with Crippen LogP contribution in [0.3, 0.4) is 0 Å². The number of nitrogens with two attached hydrogens (primary N) is 4. The fourth-order valence-electron chi connectivity index (χ4n) is 10.8. The summed E-state index contributed by atoms with van der Waals surface area (Å²) in [4.78, 5) is 160. The molecule has 1 aromatic heterocycles. The number of amides is 8. The molecule has 1 fully saturated rings. The maximum Gasteiger partial charge on any atom is 0.246 e. The smallest absolute Gasteiger partial charge is 0.246 e. The molecule has 27 heteroatoms. The largest absolute Gasteiger partial charge is 0.508 e. The number of rotatable bonds is 36. The quantitative estimate of drug-likeness (QED) is 0.0149. The molecule has 1 aliphatic rings. The molecule has 2 heterocycles. The van der Waals surface area contributed by atoms with Gasteiger partial charge in [-0.3, -0.25) is 57.7 Å². The van der Waals surface area contributed by atoms with Gasteiger partial charge in [-0.25, -0.2) is 0 Å². The number of carbonyl (C=O) groups is 11.